The van der Waals surface area contributed by atoms with Crippen LogP contribution in [0.4, 0.5) is 5.13 Å². The molecule has 3 rings (SSSR count). The second kappa shape index (κ2) is 4.79. The number of thiazole rings is 1. The first-order chi connectivity index (χ1) is 9.47. The van der Waals surface area contributed by atoms with Crippen molar-refractivity contribution in [3.63, 3.8) is 0 Å². The summed E-state index contributed by atoms with van der Waals surface area (Å²) in [5.74, 6) is 0. The Morgan fingerprint density at radius 3 is 2.75 bits per heavy atom. The highest BCUT2D eigenvalue weighted by Gasteiger charge is 2.25. The fourth-order valence-electron chi connectivity index (χ4n) is 1.69. The first kappa shape index (κ1) is 13.5. The third kappa shape index (κ3) is 2.30. The van der Waals surface area contributed by atoms with Crippen molar-refractivity contribution in [2.45, 2.75) is 5.03 Å². The third-order valence-electron chi connectivity index (χ3n) is 2.51. The lowest BCUT2D eigenvalue weighted by atomic mass is 10.3. The quantitative estimate of drug-likeness (QED) is 0.757. The van der Waals surface area contributed by atoms with Crippen LogP contribution in [0.25, 0.3) is 10.2 Å². The molecule has 104 valence electrons. The molecule has 0 spiro atoms. The summed E-state index contributed by atoms with van der Waals surface area (Å²) < 4.78 is 29.3. The molecule has 10 heteroatoms. The minimum atomic E-state index is -3.79. The molecule has 0 saturated heterocycles. The van der Waals surface area contributed by atoms with E-state index >= 15 is 0 Å². The molecular formula is C10H8BrN5O2S2. The molecule has 0 saturated carbocycles. The molecule has 1 N–H and O–H groups in total. The fourth-order valence-corrected chi connectivity index (χ4v) is 4.89. The van der Waals surface area contributed by atoms with Crippen LogP contribution in [0, 0.1) is 0 Å². The number of para-hydroxylation sites is 1. The second-order valence-electron chi connectivity index (χ2n) is 3.90. The summed E-state index contributed by atoms with van der Waals surface area (Å²) in [5.41, 5.74) is 0.748. The minimum Gasteiger partial charge on any atom is -0.253 e. The van der Waals surface area contributed by atoms with Gasteiger partial charge in [-0.2, -0.15) is 8.42 Å². The molecule has 20 heavy (non-hydrogen) atoms. The van der Waals surface area contributed by atoms with E-state index in [1.54, 1.807) is 0 Å². The van der Waals surface area contributed by atoms with Gasteiger partial charge in [0.2, 0.25) is 5.03 Å². The van der Waals surface area contributed by atoms with E-state index in [4.69, 9.17) is 0 Å². The van der Waals surface area contributed by atoms with Gasteiger partial charge >= 0.3 is 0 Å². The summed E-state index contributed by atoms with van der Waals surface area (Å²) in [4.78, 5) is 4.23. The molecule has 3 aromatic rings. The topological polar surface area (TPSA) is 89.8 Å². The van der Waals surface area contributed by atoms with Crippen LogP contribution in [0.2, 0.25) is 0 Å². The Bertz CT molecular complexity index is 834. The number of rotatable bonds is 3. The lowest BCUT2D eigenvalue weighted by molar-refractivity contribution is 0.578. The highest BCUT2D eigenvalue weighted by atomic mass is 79.9. The van der Waals surface area contributed by atoms with Crippen LogP contribution in [-0.2, 0) is 17.1 Å². The Hall–Kier alpha value is -1.52. The number of sulfonamides is 1. The van der Waals surface area contributed by atoms with Gasteiger partial charge in [-0.05, 0) is 28.1 Å². The van der Waals surface area contributed by atoms with Gasteiger partial charge in [0, 0.05) is 7.05 Å². The molecule has 0 aliphatic rings. The molecule has 0 unspecified atom stereocenters. The van der Waals surface area contributed by atoms with Crippen molar-refractivity contribution in [3.05, 3.63) is 28.9 Å². The number of anilines is 1. The maximum Gasteiger partial charge on any atom is 0.283 e. The molecule has 1 aromatic carbocycles. The summed E-state index contributed by atoms with van der Waals surface area (Å²) in [6, 6.07) is 7.43. The van der Waals surface area contributed by atoms with Crippen LogP contribution in [0.5, 0.6) is 0 Å². The average molecular weight is 374 g/mol. The van der Waals surface area contributed by atoms with Gasteiger partial charge in [-0.25, -0.2) is 9.67 Å². The number of fused-ring (bicyclic) bond motifs is 1. The predicted octanol–water partition coefficient (Wildman–Crippen LogP) is 1.99. The molecular weight excluding hydrogens is 366 g/mol. The fraction of sp³-hybridized carbons (Fsp3) is 0.100. The Labute approximate surface area is 126 Å². The Morgan fingerprint density at radius 1 is 1.35 bits per heavy atom. The summed E-state index contributed by atoms with van der Waals surface area (Å²) in [6.07, 6.45) is 0. The molecule has 0 atom stereocenters. The van der Waals surface area contributed by atoms with Gasteiger partial charge in [-0.15, -0.1) is 5.10 Å². The summed E-state index contributed by atoms with van der Waals surface area (Å²) in [6.45, 7) is 0. The van der Waals surface area contributed by atoms with Crippen LogP contribution in [0.1, 0.15) is 0 Å². The average Bonchev–Trinajstić information content (AvgIpc) is 2.91. The van der Waals surface area contributed by atoms with Gasteiger partial charge in [0.05, 0.1) is 10.2 Å². The lowest BCUT2D eigenvalue weighted by Gasteiger charge is -2.04. The molecule has 0 aliphatic heterocycles. The van der Waals surface area contributed by atoms with E-state index in [9.17, 15) is 8.42 Å². The van der Waals surface area contributed by atoms with Crippen molar-refractivity contribution in [1.29, 1.82) is 0 Å². The number of aromatic nitrogens is 4. The van der Waals surface area contributed by atoms with E-state index < -0.39 is 10.0 Å². The van der Waals surface area contributed by atoms with Gasteiger partial charge in [0.25, 0.3) is 10.0 Å². The van der Waals surface area contributed by atoms with E-state index in [1.807, 2.05) is 24.3 Å². The van der Waals surface area contributed by atoms with Gasteiger partial charge in [0.1, 0.15) is 0 Å². The maximum atomic E-state index is 12.3. The zero-order chi connectivity index (χ0) is 14.3. The smallest absolute Gasteiger partial charge is 0.253 e. The number of halogens is 1. The summed E-state index contributed by atoms with van der Waals surface area (Å²) in [7, 11) is -2.29. The summed E-state index contributed by atoms with van der Waals surface area (Å²) >= 11 is 4.34. The Morgan fingerprint density at radius 2 is 2.10 bits per heavy atom. The number of hydrogen-bond acceptors (Lipinski definition) is 6. The number of hydrogen-bond donors (Lipinski definition) is 1. The summed E-state index contributed by atoms with van der Waals surface area (Å²) in [5, 5.41) is 7.57. The first-order valence-corrected chi connectivity index (χ1v) is 8.50. The molecule has 0 radical (unpaired) electrons. The first-order valence-electron chi connectivity index (χ1n) is 5.41. The van der Waals surface area contributed by atoms with E-state index in [2.05, 4.69) is 35.9 Å². The zero-order valence-electron chi connectivity index (χ0n) is 10.1. The largest absolute Gasteiger partial charge is 0.283 e. The van der Waals surface area contributed by atoms with Crippen LogP contribution in [-0.4, -0.2) is 28.4 Å². The van der Waals surface area contributed by atoms with Crippen molar-refractivity contribution in [3.8, 4) is 0 Å². The van der Waals surface area contributed by atoms with Crippen LogP contribution >= 0.6 is 27.3 Å². The van der Waals surface area contributed by atoms with E-state index in [0.717, 1.165) is 10.2 Å². The highest BCUT2D eigenvalue weighted by Crippen LogP contribution is 2.28. The third-order valence-corrected chi connectivity index (χ3v) is 5.81. The van der Waals surface area contributed by atoms with Crippen LogP contribution in [0.15, 0.2) is 33.9 Å². The maximum absolute atomic E-state index is 12.3. The molecule has 2 heterocycles. The minimum absolute atomic E-state index is 0.0447. The molecule has 0 fully saturated rings. The zero-order valence-corrected chi connectivity index (χ0v) is 13.3. The highest BCUT2D eigenvalue weighted by molar-refractivity contribution is 9.10. The van der Waals surface area contributed by atoms with E-state index in [1.165, 1.54) is 23.1 Å². The number of benzene rings is 1. The van der Waals surface area contributed by atoms with Crippen LogP contribution in [0.3, 0.4) is 0 Å². The molecule has 0 amide bonds. The van der Waals surface area contributed by atoms with Gasteiger partial charge in [-0.3, -0.25) is 4.72 Å². The van der Waals surface area contributed by atoms with E-state index in [0.29, 0.717) is 5.13 Å². The van der Waals surface area contributed by atoms with Gasteiger partial charge < -0.3 is 0 Å². The lowest BCUT2D eigenvalue weighted by Crippen LogP contribution is -2.17. The molecule has 2 aromatic heterocycles. The van der Waals surface area contributed by atoms with Crippen LogP contribution < -0.4 is 4.72 Å². The number of nitrogens with zero attached hydrogens (tertiary/aromatic N) is 4. The number of aryl methyl sites for hydroxylation is 1. The Balaban J connectivity index is 2.01. The standard InChI is InChI=1S/C10H8BrN5O2S2/c1-16-9(8(11)13-15-16)20(17,18)14-10-12-6-4-2-3-5-7(6)19-10/h2-5H,1H3,(H,12,14). The van der Waals surface area contributed by atoms with E-state index in [-0.39, 0.29) is 9.63 Å². The second-order valence-corrected chi connectivity index (χ2v) is 7.28. The number of nitrogens with one attached hydrogen (secondary N) is 1. The van der Waals surface area contributed by atoms with Gasteiger partial charge in [-0.1, -0.05) is 28.7 Å². The molecule has 0 aliphatic carbocycles. The monoisotopic (exact) mass is 373 g/mol. The predicted molar refractivity (Wildman–Crippen MR) is 79.1 cm³/mol. The Kier molecular flexibility index (Phi) is 3.22. The van der Waals surface area contributed by atoms with Crippen molar-refractivity contribution in [2.24, 2.45) is 7.05 Å². The normalized spacial score (nSPS) is 11.9. The van der Waals surface area contributed by atoms with Gasteiger partial charge in [0.15, 0.2) is 9.73 Å². The van der Waals surface area contributed by atoms with Crippen molar-refractivity contribution in [1.82, 2.24) is 20.0 Å². The molecule has 0 bridgehead atoms. The molecule has 7 nitrogen and oxygen atoms in total. The van der Waals surface area contributed by atoms with Crippen molar-refractivity contribution < 1.29 is 8.42 Å². The van der Waals surface area contributed by atoms with Crippen molar-refractivity contribution >= 4 is 52.6 Å². The van der Waals surface area contributed by atoms with Crippen molar-refractivity contribution in [2.75, 3.05) is 4.72 Å². The SMILES string of the molecule is Cn1nnc(Br)c1S(=O)(=O)Nc1nc2ccccc2s1.